The van der Waals surface area contributed by atoms with E-state index in [9.17, 15) is 9.59 Å². The van der Waals surface area contributed by atoms with Crippen molar-refractivity contribution >= 4 is 17.5 Å². The summed E-state index contributed by atoms with van der Waals surface area (Å²) < 4.78 is 4.91. The van der Waals surface area contributed by atoms with Crippen molar-refractivity contribution in [2.75, 3.05) is 26.1 Å². The van der Waals surface area contributed by atoms with Crippen LogP contribution in [0.5, 0.6) is 0 Å². The Bertz CT molecular complexity index is 491. The second-order valence-corrected chi connectivity index (χ2v) is 4.91. The highest BCUT2D eigenvalue weighted by molar-refractivity contribution is 5.95. The first kappa shape index (κ1) is 17.1. The number of carbonyl (C=O) groups excluding carboxylic acids is 2. The summed E-state index contributed by atoms with van der Waals surface area (Å²) in [6.07, 6.45) is 0.456. The highest BCUT2D eigenvalue weighted by Gasteiger charge is 2.15. The van der Waals surface area contributed by atoms with Gasteiger partial charge in [0.05, 0.1) is 6.04 Å². The van der Waals surface area contributed by atoms with E-state index in [2.05, 4.69) is 5.32 Å². The van der Waals surface area contributed by atoms with Crippen LogP contribution in [0.2, 0.25) is 0 Å². The zero-order valence-corrected chi connectivity index (χ0v) is 12.8. The number of nitrogens with two attached hydrogens (primary N) is 1. The molecule has 1 unspecified atom stereocenters. The Balaban J connectivity index is 2.74. The molecule has 116 valence electrons. The van der Waals surface area contributed by atoms with E-state index in [1.165, 1.54) is 6.92 Å². The third kappa shape index (κ3) is 5.53. The van der Waals surface area contributed by atoms with E-state index in [0.717, 1.165) is 5.56 Å². The van der Waals surface area contributed by atoms with Crippen molar-refractivity contribution in [3.05, 3.63) is 29.8 Å². The van der Waals surface area contributed by atoms with Gasteiger partial charge in [-0.15, -0.1) is 0 Å². The fourth-order valence-corrected chi connectivity index (χ4v) is 1.75. The SMILES string of the molecule is COCCC(N)C(=O)Nc1ccccc1CN(C)C(C)=O. The van der Waals surface area contributed by atoms with Crippen molar-refractivity contribution in [3.8, 4) is 0 Å². The highest BCUT2D eigenvalue weighted by Crippen LogP contribution is 2.17. The predicted molar refractivity (Wildman–Crippen MR) is 81.7 cm³/mol. The quantitative estimate of drug-likeness (QED) is 0.784. The molecular formula is C15H23N3O3. The summed E-state index contributed by atoms with van der Waals surface area (Å²) in [5.74, 6) is -0.294. The van der Waals surface area contributed by atoms with Crippen LogP contribution in [-0.2, 0) is 20.9 Å². The van der Waals surface area contributed by atoms with Gasteiger partial charge in [0.1, 0.15) is 0 Å². The number of methoxy groups -OCH3 is 1. The smallest absolute Gasteiger partial charge is 0.241 e. The summed E-state index contributed by atoms with van der Waals surface area (Å²) in [5.41, 5.74) is 7.33. The largest absolute Gasteiger partial charge is 0.385 e. The molecule has 0 aromatic heterocycles. The van der Waals surface area contributed by atoms with Gasteiger partial charge in [0.2, 0.25) is 11.8 Å². The third-order valence-electron chi connectivity index (χ3n) is 3.19. The van der Waals surface area contributed by atoms with E-state index < -0.39 is 6.04 Å². The number of amides is 2. The van der Waals surface area contributed by atoms with Gasteiger partial charge in [-0.2, -0.15) is 0 Å². The fourth-order valence-electron chi connectivity index (χ4n) is 1.75. The van der Waals surface area contributed by atoms with Crippen LogP contribution in [0, 0.1) is 0 Å². The molecule has 6 nitrogen and oxygen atoms in total. The van der Waals surface area contributed by atoms with Crippen LogP contribution in [0.15, 0.2) is 24.3 Å². The topological polar surface area (TPSA) is 84.7 Å². The second-order valence-electron chi connectivity index (χ2n) is 4.91. The monoisotopic (exact) mass is 293 g/mol. The van der Waals surface area contributed by atoms with Gasteiger partial charge in [-0.05, 0) is 18.1 Å². The van der Waals surface area contributed by atoms with Crippen molar-refractivity contribution in [1.29, 1.82) is 0 Å². The van der Waals surface area contributed by atoms with Crippen molar-refractivity contribution in [2.45, 2.75) is 25.9 Å². The van der Waals surface area contributed by atoms with Gasteiger partial charge in [-0.25, -0.2) is 0 Å². The number of hydrogen-bond donors (Lipinski definition) is 2. The van der Waals surface area contributed by atoms with Gasteiger partial charge >= 0.3 is 0 Å². The maximum Gasteiger partial charge on any atom is 0.241 e. The van der Waals surface area contributed by atoms with Crippen LogP contribution >= 0.6 is 0 Å². The molecule has 1 rings (SSSR count). The van der Waals surface area contributed by atoms with Crippen molar-refractivity contribution in [1.82, 2.24) is 4.90 Å². The lowest BCUT2D eigenvalue weighted by Crippen LogP contribution is -2.37. The van der Waals surface area contributed by atoms with Gasteiger partial charge < -0.3 is 20.7 Å². The fraction of sp³-hybridized carbons (Fsp3) is 0.467. The Labute approximate surface area is 125 Å². The first-order chi connectivity index (χ1) is 9.95. The van der Waals surface area contributed by atoms with Gasteiger partial charge in [0, 0.05) is 39.9 Å². The molecule has 1 atom stereocenters. The maximum atomic E-state index is 12.0. The van der Waals surface area contributed by atoms with E-state index in [1.54, 1.807) is 25.1 Å². The van der Waals surface area contributed by atoms with Crippen LogP contribution in [0.25, 0.3) is 0 Å². The minimum atomic E-state index is -0.622. The molecule has 0 heterocycles. The van der Waals surface area contributed by atoms with E-state index in [1.807, 2.05) is 18.2 Å². The van der Waals surface area contributed by atoms with E-state index >= 15 is 0 Å². The minimum Gasteiger partial charge on any atom is -0.385 e. The zero-order valence-electron chi connectivity index (χ0n) is 12.8. The second kappa shape index (κ2) is 8.39. The number of para-hydroxylation sites is 1. The molecule has 0 fully saturated rings. The van der Waals surface area contributed by atoms with Crippen LogP contribution in [0.4, 0.5) is 5.69 Å². The molecule has 3 N–H and O–H groups in total. The molecule has 0 radical (unpaired) electrons. The normalized spacial score (nSPS) is 11.8. The molecule has 2 amide bonds. The predicted octanol–water partition coefficient (Wildman–Crippen LogP) is 0.967. The zero-order chi connectivity index (χ0) is 15.8. The molecule has 0 saturated carbocycles. The van der Waals surface area contributed by atoms with Crippen LogP contribution < -0.4 is 11.1 Å². The number of rotatable bonds is 7. The molecule has 1 aromatic rings. The summed E-state index contributed by atoms with van der Waals surface area (Å²) in [7, 11) is 3.28. The standard InChI is InChI=1S/C15H23N3O3/c1-11(19)18(2)10-12-6-4-5-7-14(12)17-15(20)13(16)8-9-21-3/h4-7,13H,8-10,16H2,1-3H3,(H,17,20). The van der Waals surface area contributed by atoms with Crippen molar-refractivity contribution in [2.24, 2.45) is 5.73 Å². The molecule has 0 aliphatic rings. The van der Waals surface area contributed by atoms with E-state index in [4.69, 9.17) is 10.5 Å². The Morgan fingerprint density at radius 1 is 1.38 bits per heavy atom. The van der Waals surface area contributed by atoms with Gasteiger partial charge in [0.15, 0.2) is 0 Å². The molecule has 0 spiro atoms. The van der Waals surface area contributed by atoms with Gasteiger partial charge in [-0.1, -0.05) is 18.2 Å². The van der Waals surface area contributed by atoms with Gasteiger partial charge in [0.25, 0.3) is 0 Å². The molecule has 0 saturated heterocycles. The van der Waals surface area contributed by atoms with E-state index in [0.29, 0.717) is 25.3 Å². The summed E-state index contributed by atoms with van der Waals surface area (Å²) in [6.45, 7) is 2.37. The number of carbonyl (C=O) groups is 2. The maximum absolute atomic E-state index is 12.0. The van der Waals surface area contributed by atoms with Crippen molar-refractivity contribution in [3.63, 3.8) is 0 Å². The molecule has 0 aliphatic heterocycles. The minimum absolute atomic E-state index is 0.0343. The lowest BCUT2D eigenvalue weighted by molar-refractivity contribution is -0.128. The van der Waals surface area contributed by atoms with Gasteiger partial charge in [-0.3, -0.25) is 9.59 Å². The molecule has 0 aliphatic carbocycles. The number of nitrogens with one attached hydrogen (secondary N) is 1. The van der Waals surface area contributed by atoms with Crippen LogP contribution in [-0.4, -0.2) is 43.5 Å². The molecular weight excluding hydrogens is 270 g/mol. The number of anilines is 1. The summed E-state index contributed by atoms with van der Waals surface area (Å²) >= 11 is 0. The van der Waals surface area contributed by atoms with Crippen LogP contribution in [0.3, 0.4) is 0 Å². The number of nitrogens with zero attached hydrogens (tertiary/aromatic N) is 1. The summed E-state index contributed by atoms with van der Waals surface area (Å²) in [4.78, 5) is 24.9. The molecule has 6 heteroatoms. The summed E-state index contributed by atoms with van der Waals surface area (Å²) in [5, 5.41) is 2.81. The molecule has 0 bridgehead atoms. The van der Waals surface area contributed by atoms with Crippen LogP contribution in [0.1, 0.15) is 18.9 Å². The Hall–Kier alpha value is -1.92. The first-order valence-corrected chi connectivity index (χ1v) is 6.80. The highest BCUT2D eigenvalue weighted by atomic mass is 16.5. The average Bonchev–Trinajstić information content (AvgIpc) is 2.46. The average molecular weight is 293 g/mol. The summed E-state index contributed by atoms with van der Waals surface area (Å²) in [6, 6.07) is 6.74. The lowest BCUT2D eigenvalue weighted by atomic mass is 10.1. The Kier molecular flexibility index (Phi) is 6.84. The first-order valence-electron chi connectivity index (χ1n) is 6.80. The Morgan fingerprint density at radius 3 is 2.67 bits per heavy atom. The molecule has 21 heavy (non-hydrogen) atoms. The number of hydrogen-bond acceptors (Lipinski definition) is 4. The van der Waals surface area contributed by atoms with Crippen molar-refractivity contribution < 1.29 is 14.3 Å². The number of benzene rings is 1. The number of ether oxygens (including phenoxy) is 1. The Morgan fingerprint density at radius 2 is 2.05 bits per heavy atom. The van der Waals surface area contributed by atoms with E-state index in [-0.39, 0.29) is 11.8 Å². The molecule has 1 aromatic carbocycles. The third-order valence-corrected chi connectivity index (χ3v) is 3.19. The lowest BCUT2D eigenvalue weighted by Gasteiger charge is -2.19.